The summed E-state index contributed by atoms with van der Waals surface area (Å²) in [5, 5.41) is 9.37. The second-order valence-corrected chi connectivity index (χ2v) is 3.39. The monoisotopic (exact) mass is 216 g/mol. The van der Waals surface area contributed by atoms with Crippen LogP contribution in [0.4, 0.5) is 4.53 Å². The van der Waals surface area contributed by atoms with E-state index in [0.29, 0.717) is 5.46 Å². The predicted octanol–water partition coefficient (Wildman–Crippen LogP) is 1.94. The third-order valence-corrected chi connectivity index (χ3v) is 2.40. The summed E-state index contributed by atoms with van der Waals surface area (Å²) in [6, 6.07) is 16.5. The summed E-state index contributed by atoms with van der Waals surface area (Å²) in [4.78, 5) is 3.45. The highest BCUT2D eigenvalue weighted by Gasteiger charge is 2.21. The Morgan fingerprint density at radius 3 is 2.25 bits per heavy atom. The minimum Gasteiger partial charge on any atom is -0.421 e. The van der Waals surface area contributed by atoms with Crippen LogP contribution in [0.2, 0.25) is 0 Å². The lowest BCUT2D eigenvalue weighted by Gasteiger charge is -2.08. The summed E-state index contributed by atoms with van der Waals surface area (Å²) in [6.45, 7) is 0. The first-order valence-electron chi connectivity index (χ1n) is 4.92. The summed E-state index contributed by atoms with van der Waals surface area (Å²) in [5.74, 6) is 0. The van der Waals surface area contributed by atoms with Gasteiger partial charge in [-0.1, -0.05) is 59.1 Å². The average molecular weight is 216 g/mol. The molecule has 0 spiro atoms. The Balaban J connectivity index is 2.49. The van der Waals surface area contributed by atoms with Crippen LogP contribution in [-0.2, 0) is 4.86 Å². The van der Waals surface area contributed by atoms with Gasteiger partial charge >= 0.3 is 7.12 Å². The lowest BCUT2D eigenvalue weighted by Crippen LogP contribution is -2.32. The van der Waals surface area contributed by atoms with Crippen molar-refractivity contribution in [2.45, 2.75) is 0 Å². The van der Waals surface area contributed by atoms with E-state index in [0.717, 1.165) is 11.1 Å². The van der Waals surface area contributed by atoms with Gasteiger partial charge in [0.25, 0.3) is 0 Å². The van der Waals surface area contributed by atoms with E-state index < -0.39 is 7.12 Å². The molecule has 2 aromatic rings. The predicted molar refractivity (Wildman–Crippen MR) is 61.7 cm³/mol. The van der Waals surface area contributed by atoms with Gasteiger partial charge in [-0.2, -0.15) is 0 Å². The van der Waals surface area contributed by atoms with E-state index in [9.17, 15) is 9.55 Å². The van der Waals surface area contributed by atoms with Gasteiger partial charge < -0.3 is 5.02 Å². The lowest BCUT2D eigenvalue weighted by molar-refractivity contribution is -0.0267. The number of benzene rings is 2. The fourth-order valence-electron chi connectivity index (χ4n) is 1.64. The maximum atomic E-state index is 12.0. The van der Waals surface area contributed by atoms with Crippen LogP contribution in [0.5, 0.6) is 0 Å². The zero-order chi connectivity index (χ0) is 11.4. The zero-order valence-corrected chi connectivity index (χ0v) is 8.51. The van der Waals surface area contributed by atoms with E-state index in [4.69, 9.17) is 0 Å². The Labute approximate surface area is 93.4 Å². The fourth-order valence-corrected chi connectivity index (χ4v) is 1.64. The SMILES string of the molecule is OB(OF)c1ccccc1-c1ccccc1. The van der Waals surface area contributed by atoms with Gasteiger partial charge in [-0.25, -0.2) is 4.86 Å². The molecule has 4 heteroatoms. The van der Waals surface area contributed by atoms with Crippen molar-refractivity contribution in [3.8, 4) is 11.1 Å². The molecule has 0 atom stereocenters. The Kier molecular flexibility index (Phi) is 3.34. The Morgan fingerprint density at radius 1 is 0.938 bits per heavy atom. The Morgan fingerprint density at radius 2 is 1.56 bits per heavy atom. The van der Waals surface area contributed by atoms with Gasteiger partial charge in [0.1, 0.15) is 0 Å². The third-order valence-electron chi connectivity index (χ3n) is 2.40. The molecule has 0 amide bonds. The van der Waals surface area contributed by atoms with Gasteiger partial charge in [0.15, 0.2) is 0 Å². The van der Waals surface area contributed by atoms with Crippen LogP contribution in [0, 0.1) is 0 Å². The average Bonchev–Trinajstić information content (AvgIpc) is 2.39. The maximum Gasteiger partial charge on any atom is 0.530 e. The molecule has 0 saturated carbocycles. The van der Waals surface area contributed by atoms with Crippen LogP contribution in [0.3, 0.4) is 0 Å². The van der Waals surface area contributed by atoms with Gasteiger partial charge in [0.05, 0.1) is 0 Å². The quantitative estimate of drug-likeness (QED) is 0.794. The van der Waals surface area contributed by atoms with Crippen molar-refractivity contribution in [2.24, 2.45) is 0 Å². The Bertz CT molecular complexity index is 462. The highest BCUT2D eigenvalue weighted by molar-refractivity contribution is 6.61. The van der Waals surface area contributed by atoms with Gasteiger partial charge in [-0.3, -0.25) is 0 Å². The molecule has 0 radical (unpaired) electrons. The molecule has 1 N–H and O–H groups in total. The summed E-state index contributed by atoms with van der Waals surface area (Å²) < 4.78 is 12.0. The van der Waals surface area contributed by atoms with Crippen LogP contribution >= 0.6 is 0 Å². The smallest absolute Gasteiger partial charge is 0.421 e. The molecule has 2 rings (SSSR count). The number of halogens is 1. The summed E-state index contributed by atoms with van der Waals surface area (Å²) in [7, 11) is -1.54. The topological polar surface area (TPSA) is 29.5 Å². The highest BCUT2D eigenvalue weighted by atomic mass is 19.3. The van der Waals surface area contributed by atoms with Crippen LogP contribution in [-0.4, -0.2) is 12.1 Å². The normalized spacial score (nSPS) is 10.1. The largest absolute Gasteiger partial charge is 0.530 e. The minimum absolute atomic E-state index is 0.413. The molecule has 2 nitrogen and oxygen atoms in total. The summed E-state index contributed by atoms with van der Waals surface area (Å²) >= 11 is 0. The minimum atomic E-state index is -1.54. The van der Waals surface area contributed by atoms with Crippen LogP contribution in [0.1, 0.15) is 0 Å². The third kappa shape index (κ3) is 2.13. The van der Waals surface area contributed by atoms with Gasteiger partial charge in [0, 0.05) is 0 Å². The first-order valence-corrected chi connectivity index (χ1v) is 4.92. The number of rotatable bonds is 3. The molecular formula is C12H10BFO2. The highest BCUT2D eigenvalue weighted by Crippen LogP contribution is 2.16. The standard InChI is InChI=1S/C12H10BFO2/c14-16-13(15)12-9-5-4-8-11(12)10-6-2-1-3-7-10/h1-9,15H. The first-order chi connectivity index (χ1) is 7.83. The molecule has 0 aliphatic rings. The van der Waals surface area contributed by atoms with Crippen molar-refractivity contribution >= 4 is 12.6 Å². The van der Waals surface area contributed by atoms with Crippen molar-refractivity contribution < 1.29 is 14.4 Å². The first kappa shape index (κ1) is 10.9. The van der Waals surface area contributed by atoms with E-state index in [1.807, 2.05) is 42.5 Å². The van der Waals surface area contributed by atoms with Crippen molar-refractivity contribution in [1.82, 2.24) is 0 Å². The second kappa shape index (κ2) is 4.92. The number of hydrogen-bond acceptors (Lipinski definition) is 2. The molecular weight excluding hydrogens is 206 g/mol. The molecule has 2 aromatic carbocycles. The number of hydrogen-bond donors (Lipinski definition) is 1. The van der Waals surface area contributed by atoms with Crippen molar-refractivity contribution in [2.75, 3.05) is 0 Å². The van der Waals surface area contributed by atoms with Crippen molar-refractivity contribution in [3.63, 3.8) is 0 Å². The lowest BCUT2D eigenvalue weighted by atomic mass is 9.75. The van der Waals surface area contributed by atoms with Crippen LogP contribution in [0.25, 0.3) is 11.1 Å². The van der Waals surface area contributed by atoms with Crippen molar-refractivity contribution in [3.05, 3.63) is 54.6 Å². The summed E-state index contributed by atoms with van der Waals surface area (Å²) in [5.41, 5.74) is 2.08. The molecule has 80 valence electrons. The molecule has 0 aliphatic heterocycles. The van der Waals surface area contributed by atoms with E-state index in [1.54, 1.807) is 12.1 Å². The molecule has 0 aromatic heterocycles. The van der Waals surface area contributed by atoms with E-state index >= 15 is 0 Å². The second-order valence-electron chi connectivity index (χ2n) is 3.39. The van der Waals surface area contributed by atoms with E-state index in [-0.39, 0.29) is 0 Å². The molecule has 0 heterocycles. The van der Waals surface area contributed by atoms with Gasteiger partial charge in [-0.05, 0) is 16.6 Å². The van der Waals surface area contributed by atoms with E-state index in [1.165, 1.54) is 0 Å². The molecule has 0 saturated heterocycles. The van der Waals surface area contributed by atoms with Gasteiger partial charge in [-0.15, -0.1) is 0 Å². The fraction of sp³-hybridized carbons (Fsp3) is 0. The molecule has 0 aliphatic carbocycles. The van der Waals surface area contributed by atoms with Gasteiger partial charge in [0.2, 0.25) is 0 Å². The summed E-state index contributed by atoms with van der Waals surface area (Å²) in [6.07, 6.45) is 0. The Hall–Kier alpha value is -1.65. The zero-order valence-electron chi connectivity index (χ0n) is 8.51. The molecule has 0 fully saturated rings. The van der Waals surface area contributed by atoms with E-state index in [2.05, 4.69) is 4.86 Å². The van der Waals surface area contributed by atoms with Crippen LogP contribution < -0.4 is 5.46 Å². The maximum absolute atomic E-state index is 12.0. The van der Waals surface area contributed by atoms with Crippen molar-refractivity contribution in [1.29, 1.82) is 0 Å². The molecule has 16 heavy (non-hydrogen) atoms. The van der Waals surface area contributed by atoms with Crippen LogP contribution in [0.15, 0.2) is 54.6 Å². The molecule has 0 unspecified atom stereocenters. The molecule has 0 bridgehead atoms.